The Balaban J connectivity index is 2.11. The first-order valence-electron chi connectivity index (χ1n) is 6.70. The molecule has 1 heterocycles. The summed E-state index contributed by atoms with van der Waals surface area (Å²) >= 11 is 12.2. The number of ether oxygens (including phenoxy) is 1. The molecule has 0 radical (unpaired) electrons. The minimum Gasteiger partial charge on any atom is -0.484 e. The molecule has 1 N–H and O–H groups in total. The number of nitrogens with one attached hydrogen (secondary N) is 1. The summed E-state index contributed by atoms with van der Waals surface area (Å²) in [6.07, 6.45) is 1.72. The fraction of sp³-hybridized carbons (Fsp3) is 0.429. The molecule has 0 aliphatic heterocycles. The summed E-state index contributed by atoms with van der Waals surface area (Å²) in [6, 6.07) is 3.47. The Kier molecular flexibility index (Phi) is 5.85. The summed E-state index contributed by atoms with van der Waals surface area (Å²) in [7, 11) is 1.84. The normalized spacial score (nSPS) is 10.9. The van der Waals surface area contributed by atoms with Crippen LogP contribution in [0.2, 0.25) is 10.0 Å². The van der Waals surface area contributed by atoms with Gasteiger partial charge in [-0.05, 0) is 25.6 Å². The Morgan fingerprint density at radius 3 is 2.86 bits per heavy atom. The van der Waals surface area contributed by atoms with Crippen molar-refractivity contribution in [1.29, 1.82) is 0 Å². The molecule has 0 unspecified atom stereocenters. The summed E-state index contributed by atoms with van der Waals surface area (Å²) in [5, 5.41) is 7.96. The van der Waals surface area contributed by atoms with E-state index in [1.54, 1.807) is 6.07 Å². The highest BCUT2D eigenvalue weighted by Gasteiger charge is 2.12. The van der Waals surface area contributed by atoms with E-state index in [2.05, 4.69) is 22.4 Å². The number of rotatable bonds is 7. The van der Waals surface area contributed by atoms with Crippen molar-refractivity contribution in [2.45, 2.75) is 32.9 Å². The maximum Gasteiger partial charge on any atom is 0.226 e. The molecule has 1 aromatic carbocycles. The molecule has 114 valence electrons. The van der Waals surface area contributed by atoms with Gasteiger partial charge in [-0.3, -0.25) is 0 Å². The largest absolute Gasteiger partial charge is 0.484 e. The number of aromatic nitrogens is 2. The fourth-order valence-corrected chi connectivity index (χ4v) is 2.49. The Hall–Kier alpha value is -1.30. The van der Waals surface area contributed by atoms with Crippen LogP contribution < -0.4 is 10.1 Å². The van der Waals surface area contributed by atoms with Crippen LogP contribution in [-0.2, 0) is 19.6 Å². The topological polar surface area (TPSA) is 60.2 Å². The van der Waals surface area contributed by atoms with E-state index in [1.165, 1.54) is 0 Å². The van der Waals surface area contributed by atoms with Crippen molar-refractivity contribution >= 4 is 23.2 Å². The number of halogens is 2. The lowest BCUT2D eigenvalue weighted by molar-refractivity contribution is 0.282. The number of hydrogen-bond donors (Lipinski definition) is 1. The third-order valence-electron chi connectivity index (χ3n) is 2.77. The van der Waals surface area contributed by atoms with E-state index in [4.69, 9.17) is 32.5 Å². The van der Waals surface area contributed by atoms with E-state index in [1.807, 2.05) is 13.1 Å². The second-order valence-electron chi connectivity index (χ2n) is 4.55. The van der Waals surface area contributed by atoms with Crippen LogP contribution in [0.5, 0.6) is 5.75 Å². The number of nitrogens with zero attached hydrogens (tertiary/aromatic N) is 2. The first kappa shape index (κ1) is 16.1. The van der Waals surface area contributed by atoms with Crippen LogP contribution in [0.25, 0.3) is 0 Å². The van der Waals surface area contributed by atoms with Crippen LogP contribution in [0.1, 0.15) is 30.6 Å². The molecular formula is C14H17Cl2N3O2. The summed E-state index contributed by atoms with van der Waals surface area (Å²) in [4.78, 5) is 4.25. The minimum absolute atomic E-state index is 0.200. The van der Waals surface area contributed by atoms with Gasteiger partial charge in [0.1, 0.15) is 5.75 Å². The minimum atomic E-state index is 0.200. The zero-order chi connectivity index (χ0) is 15.2. The Morgan fingerprint density at radius 2 is 2.14 bits per heavy atom. The van der Waals surface area contributed by atoms with E-state index >= 15 is 0 Å². The molecule has 0 bridgehead atoms. The molecule has 1 aromatic heterocycles. The van der Waals surface area contributed by atoms with E-state index in [0.717, 1.165) is 18.4 Å². The number of hydrogen-bond acceptors (Lipinski definition) is 5. The van der Waals surface area contributed by atoms with E-state index in [-0.39, 0.29) is 6.61 Å². The lowest BCUT2D eigenvalue weighted by Crippen LogP contribution is -2.08. The van der Waals surface area contributed by atoms with Crippen LogP contribution in [0.4, 0.5) is 0 Å². The molecular weight excluding hydrogens is 313 g/mol. The Labute approximate surface area is 133 Å². The van der Waals surface area contributed by atoms with Crippen LogP contribution >= 0.6 is 23.2 Å². The van der Waals surface area contributed by atoms with Crippen molar-refractivity contribution in [3.05, 3.63) is 39.5 Å². The van der Waals surface area contributed by atoms with Gasteiger partial charge in [0, 0.05) is 23.6 Å². The average molecular weight is 330 g/mol. The first-order chi connectivity index (χ1) is 10.1. The van der Waals surface area contributed by atoms with Crippen LogP contribution in [0.15, 0.2) is 16.7 Å². The van der Waals surface area contributed by atoms with Crippen molar-refractivity contribution in [1.82, 2.24) is 15.5 Å². The van der Waals surface area contributed by atoms with Gasteiger partial charge in [0.05, 0.1) is 5.02 Å². The molecule has 0 spiro atoms. The maximum atomic E-state index is 6.19. The van der Waals surface area contributed by atoms with Crippen LogP contribution in [0.3, 0.4) is 0 Å². The van der Waals surface area contributed by atoms with Gasteiger partial charge in [0.25, 0.3) is 0 Å². The van der Waals surface area contributed by atoms with Gasteiger partial charge in [-0.1, -0.05) is 35.3 Å². The Bertz CT molecular complexity index is 602. The summed E-state index contributed by atoms with van der Waals surface area (Å²) in [6.45, 7) is 2.85. The number of aryl methyl sites for hydroxylation is 1. The molecule has 7 heteroatoms. The van der Waals surface area contributed by atoms with Crippen molar-refractivity contribution in [3.8, 4) is 5.75 Å². The standard InChI is InChI=1S/C14H17Cl2N3O2/c1-3-4-13-18-12(19-21-13)8-20-14-9(7-17-2)5-10(15)6-11(14)16/h5-6,17H,3-4,7-8H2,1-2H3. The van der Waals surface area contributed by atoms with Gasteiger partial charge in [-0.15, -0.1) is 0 Å². The number of benzene rings is 1. The SMILES string of the molecule is CCCc1nc(COc2c(Cl)cc(Cl)cc2CNC)no1. The predicted molar refractivity (Wildman–Crippen MR) is 81.9 cm³/mol. The average Bonchev–Trinajstić information content (AvgIpc) is 2.86. The molecule has 0 aliphatic rings. The summed E-state index contributed by atoms with van der Waals surface area (Å²) in [5.41, 5.74) is 0.882. The Morgan fingerprint density at radius 1 is 1.33 bits per heavy atom. The van der Waals surface area contributed by atoms with Gasteiger partial charge in [0.15, 0.2) is 6.61 Å². The molecule has 0 fully saturated rings. The molecule has 5 nitrogen and oxygen atoms in total. The fourth-order valence-electron chi connectivity index (χ4n) is 1.90. The van der Waals surface area contributed by atoms with Gasteiger partial charge >= 0.3 is 0 Å². The summed E-state index contributed by atoms with van der Waals surface area (Å²) in [5.74, 6) is 1.70. The van der Waals surface area contributed by atoms with Gasteiger partial charge in [0.2, 0.25) is 11.7 Å². The van der Waals surface area contributed by atoms with E-state index < -0.39 is 0 Å². The second-order valence-corrected chi connectivity index (χ2v) is 5.39. The molecule has 0 aliphatic carbocycles. The van der Waals surface area contributed by atoms with Crippen molar-refractivity contribution in [2.24, 2.45) is 0 Å². The smallest absolute Gasteiger partial charge is 0.226 e. The van der Waals surface area contributed by atoms with Crippen molar-refractivity contribution < 1.29 is 9.26 Å². The third kappa shape index (κ3) is 4.33. The first-order valence-corrected chi connectivity index (χ1v) is 7.46. The molecule has 21 heavy (non-hydrogen) atoms. The highest BCUT2D eigenvalue weighted by Crippen LogP contribution is 2.32. The third-order valence-corrected chi connectivity index (χ3v) is 3.27. The van der Waals surface area contributed by atoms with Crippen molar-refractivity contribution in [3.63, 3.8) is 0 Å². The predicted octanol–water partition coefficient (Wildman–Crippen LogP) is 3.63. The van der Waals surface area contributed by atoms with Crippen LogP contribution in [-0.4, -0.2) is 17.2 Å². The zero-order valence-electron chi connectivity index (χ0n) is 11.9. The molecule has 0 saturated heterocycles. The lowest BCUT2D eigenvalue weighted by atomic mass is 10.2. The van der Waals surface area contributed by atoms with Gasteiger partial charge in [-0.2, -0.15) is 4.98 Å². The van der Waals surface area contributed by atoms with Gasteiger partial charge < -0.3 is 14.6 Å². The zero-order valence-corrected chi connectivity index (χ0v) is 13.5. The van der Waals surface area contributed by atoms with Gasteiger partial charge in [-0.25, -0.2) is 0 Å². The maximum absolute atomic E-state index is 6.19. The highest BCUT2D eigenvalue weighted by atomic mass is 35.5. The second kappa shape index (κ2) is 7.64. The molecule has 2 aromatic rings. The molecule has 0 saturated carbocycles. The van der Waals surface area contributed by atoms with Crippen molar-refractivity contribution in [2.75, 3.05) is 7.05 Å². The highest BCUT2D eigenvalue weighted by molar-refractivity contribution is 6.35. The summed E-state index contributed by atoms with van der Waals surface area (Å²) < 4.78 is 10.9. The lowest BCUT2D eigenvalue weighted by Gasteiger charge is -2.12. The van der Waals surface area contributed by atoms with E-state index in [9.17, 15) is 0 Å². The molecule has 0 amide bonds. The molecule has 2 rings (SSSR count). The quantitative estimate of drug-likeness (QED) is 0.840. The molecule has 0 atom stereocenters. The van der Waals surface area contributed by atoms with E-state index in [0.29, 0.717) is 34.1 Å². The monoisotopic (exact) mass is 329 g/mol. The van der Waals surface area contributed by atoms with Crippen LogP contribution in [0, 0.1) is 0 Å².